The van der Waals surface area contributed by atoms with Crippen LogP contribution in [0.3, 0.4) is 0 Å². The number of hydrogen-bond donors (Lipinski definition) is 1. The van der Waals surface area contributed by atoms with Gasteiger partial charge in [0, 0.05) is 44.2 Å². The van der Waals surface area contributed by atoms with Crippen molar-refractivity contribution in [2.45, 2.75) is 45.8 Å². The molecule has 118 valence electrons. The first kappa shape index (κ1) is 16.2. The fourth-order valence-corrected chi connectivity index (χ4v) is 3.37. The summed E-state index contributed by atoms with van der Waals surface area (Å²) >= 11 is 0. The number of nitrogens with one attached hydrogen (secondary N) is 1. The summed E-state index contributed by atoms with van der Waals surface area (Å²) in [5.74, 6) is 0. The Morgan fingerprint density at radius 2 is 1.90 bits per heavy atom. The van der Waals surface area contributed by atoms with Gasteiger partial charge in [-0.2, -0.15) is 0 Å². The van der Waals surface area contributed by atoms with Gasteiger partial charge in [-0.15, -0.1) is 0 Å². The van der Waals surface area contributed by atoms with E-state index in [1.165, 1.54) is 45.6 Å². The third kappa shape index (κ3) is 3.94. The van der Waals surface area contributed by atoms with Crippen LogP contribution in [-0.2, 0) is 4.74 Å². The molecule has 4 heteroatoms. The maximum atomic E-state index is 5.78. The van der Waals surface area contributed by atoms with Gasteiger partial charge >= 0.3 is 0 Å². The molecule has 2 atom stereocenters. The minimum absolute atomic E-state index is 0.295. The van der Waals surface area contributed by atoms with Crippen LogP contribution in [-0.4, -0.2) is 74.9 Å². The molecule has 1 aliphatic heterocycles. The molecule has 1 saturated carbocycles. The number of ether oxygens (including phenoxy) is 1. The Morgan fingerprint density at radius 1 is 1.20 bits per heavy atom. The Morgan fingerprint density at radius 3 is 2.50 bits per heavy atom. The molecule has 0 aromatic rings. The summed E-state index contributed by atoms with van der Waals surface area (Å²) in [7, 11) is 2.21. The van der Waals surface area contributed by atoms with Crippen LogP contribution in [0.4, 0.5) is 0 Å². The maximum Gasteiger partial charge on any atom is 0.0655 e. The largest absolute Gasteiger partial charge is 0.378 e. The summed E-state index contributed by atoms with van der Waals surface area (Å²) in [6.07, 6.45) is 2.88. The van der Waals surface area contributed by atoms with Crippen molar-refractivity contribution in [3.8, 4) is 0 Å². The summed E-state index contributed by atoms with van der Waals surface area (Å²) in [6.45, 7) is 14.9. The highest BCUT2D eigenvalue weighted by Crippen LogP contribution is 2.42. The molecule has 1 saturated heterocycles. The fourth-order valence-electron chi connectivity index (χ4n) is 3.37. The normalized spacial score (nSPS) is 31.2. The standard InChI is InChI=1S/C16H33N3O/c1-5-20-15-13-14(16(15,2)3)17-7-6-8-19-11-9-18(4)10-12-19/h14-15,17H,5-13H2,1-4H3. The predicted molar refractivity (Wildman–Crippen MR) is 84.2 cm³/mol. The lowest BCUT2D eigenvalue weighted by molar-refractivity contribution is -0.114. The van der Waals surface area contributed by atoms with Crippen LogP contribution in [0.2, 0.25) is 0 Å². The first-order chi connectivity index (χ1) is 9.54. The van der Waals surface area contributed by atoms with E-state index in [4.69, 9.17) is 4.74 Å². The number of likely N-dealkylation sites (N-methyl/N-ethyl adjacent to an activating group) is 1. The Hall–Kier alpha value is -0.160. The first-order valence-corrected chi connectivity index (χ1v) is 8.30. The number of hydrogen-bond acceptors (Lipinski definition) is 4. The molecular formula is C16H33N3O. The lowest BCUT2D eigenvalue weighted by atomic mass is 9.64. The molecular weight excluding hydrogens is 250 g/mol. The highest BCUT2D eigenvalue weighted by molar-refractivity contribution is 5.02. The van der Waals surface area contributed by atoms with Crippen LogP contribution >= 0.6 is 0 Å². The van der Waals surface area contributed by atoms with E-state index in [-0.39, 0.29) is 0 Å². The average molecular weight is 283 g/mol. The molecule has 2 fully saturated rings. The van der Waals surface area contributed by atoms with Crippen LogP contribution in [0.1, 0.15) is 33.6 Å². The van der Waals surface area contributed by atoms with Crippen molar-refractivity contribution in [2.24, 2.45) is 5.41 Å². The minimum atomic E-state index is 0.295. The van der Waals surface area contributed by atoms with E-state index in [9.17, 15) is 0 Å². The van der Waals surface area contributed by atoms with Crippen molar-refractivity contribution < 1.29 is 4.74 Å². The van der Waals surface area contributed by atoms with Crippen molar-refractivity contribution in [2.75, 3.05) is 52.9 Å². The Labute approximate surface area is 124 Å². The molecule has 4 nitrogen and oxygen atoms in total. The van der Waals surface area contributed by atoms with E-state index in [0.29, 0.717) is 17.6 Å². The molecule has 0 amide bonds. The third-order valence-corrected chi connectivity index (χ3v) is 5.18. The van der Waals surface area contributed by atoms with Gasteiger partial charge < -0.3 is 19.9 Å². The van der Waals surface area contributed by atoms with E-state index in [0.717, 1.165) is 13.2 Å². The zero-order valence-electron chi connectivity index (χ0n) is 13.8. The highest BCUT2D eigenvalue weighted by Gasteiger charge is 2.48. The second-order valence-corrected chi connectivity index (χ2v) is 7.01. The Balaban J connectivity index is 1.56. The van der Waals surface area contributed by atoms with Crippen LogP contribution in [0.15, 0.2) is 0 Å². The summed E-state index contributed by atoms with van der Waals surface area (Å²) in [5.41, 5.74) is 0.295. The SMILES string of the molecule is CCOC1CC(NCCCN2CCN(C)CC2)C1(C)C. The van der Waals surface area contributed by atoms with Crippen molar-refractivity contribution in [3.05, 3.63) is 0 Å². The van der Waals surface area contributed by atoms with Crippen molar-refractivity contribution >= 4 is 0 Å². The molecule has 0 radical (unpaired) electrons. The zero-order chi connectivity index (χ0) is 14.6. The predicted octanol–water partition coefficient (Wildman–Crippen LogP) is 1.42. The molecule has 2 unspecified atom stereocenters. The average Bonchev–Trinajstić information content (AvgIpc) is 2.43. The molecule has 2 rings (SSSR count). The number of rotatable bonds is 7. The first-order valence-electron chi connectivity index (χ1n) is 8.30. The van der Waals surface area contributed by atoms with E-state index in [1.807, 2.05) is 0 Å². The molecule has 20 heavy (non-hydrogen) atoms. The van der Waals surface area contributed by atoms with Crippen LogP contribution in [0, 0.1) is 5.41 Å². The quantitative estimate of drug-likeness (QED) is 0.715. The van der Waals surface area contributed by atoms with E-state index < -0.39 is 0 Å². The highest BCUT2D eigenvalue weighted by atomic mass is 16.5. The second-order valence-electron chi connectivity index (χ2n) is 7.01. The van der Waals surface area contributed by atoms with E-state index in [2.05, 4.69) is 42.9 Å². The molecule has 0 spiro atoms. The lowest BCUT2D eigenvalue weighted by Crippen LogP contribution is -2.61. The van der Waals surface area contributed by atoms with Gasteiger partial charge in [0.25, 0.3) is 0 Å². The number of piperazine rings is 1. The zero-order valence-corrected chi connectivity index (χ0v) is 13.8. The van der Waals surface area contributed by atoms with Gasteiger partial charge in [-0.05, 0) is 39.9 Å². The topological polar surface area (TPSA) is 27.7 Å². The maximum absolute atomic E-state index is 5.78. The van der Waals surface area contributed by atoms with Crippen molar-refractivity contribution in [3.63, 3.8) is 0 Å². The van der Waals surface area contributed by atoms with Gasteiger partial charge in [-0.25, -0.2) is 0 Å². The molecule has 0 aromatic heterocycles. The molecule has 1 aliphatic carbocycles. The van der Waals surface area contributed by atoms with Crippen LogP contribution < -0.4 is 5.32 Å². The fraction of sp³-hybridized carbons (Fsp3) is 1.00. The van der Waals surface area contributed by atoms with Crippen LogP contribution in [0.5, 0.6) is 0 Å². The molecule has 1 heterocycles. The van der Waals surface area contributed by atoms with Crippen molar-refractivity contribution in [1.29, 1.82) is 0 Å². The Bertz CT molecular complexity index is 287. The molecule has 2 aliphatic rings. The van der Waals surface area contributed by atoms with Gasteiger partial charge in [0.15, 0.2) is 0 Å². The summed E-state index contributed by atoms with van der Waals surface area (Å²) in [5, 5.41) is 3.73. The molecule has 1 N–H and O–H groups in total. The third-order valence-electron chi connectivity index (χ3n) is 5.18. The van der Waals surface area contributed by atoms with Gasteiger partial charge in [0.2, 0.25) is 0 Å². The Kier molecular flexibility index (Phi) is 5.84. The van der Waals surface area contributed by atoms with E-state index >= 15 is 0 Å². The summed E-state index contributed by atoms with van der Waals surface area (Å²) in [4.78, 5) is 5.01. The summed E-state index contributed by atoms with van der Waals surface area (Å²) in [6, 6.07) is 0.631. The summed E-state index contributed by atoms with van der Waals surface area (Å²) < 4.78 is 5.78. The lowest BCUT2D eigenvalue weighted by Gasteiger charge is -2.52. The van der Waals surface area contributed by atoms with Gasteiger partial charge in [0.05, 0.1) is 6.10 Å². The molecule has 0 aromatic carbocycles. The van der Waals surface area contributed by atoms with Gasteiger partial charge in [-0.3, -0.25) is 0 Å². The number of nitrogens with zero attached hydrogens (tertiary/aromatic N) is 2. The van der Waals surface area contributed by atoms with E-state index in [1.54, 1.807) is 0 Å². The van der Waals surface area contributed by atoms with Crippen molar-refractivity contribution in [1.82, 2.24) is 15.1 Å². The second kappa shape index (κ2) is 7.21. The van der Waals surface area contributed by atoms with Crippen LogP contribution in [0.25, 0.3) is 0 Å². The molecule has 0 bridgehead atoms. The smallest absolute Gasteiger partial charge is 0.0655 e. The van der Waals surface area contributed by atoms with Gasteiger partial charge in [-0.1, -0.05) is 13.8 Å². The van der Waals surface area contributed by atoms with Gasteiger partial charge in [0.1, 0.15) is 0 Å². The monoisotopic (exact) mass is 283 g/mol. The minimum Gasteiger partial charge on any atom is -0.378 e.